The zero-order valence-corrected chi connectivity index (χ0v) is 12.6. The Bertz CT molecular complexity index is 672. The predicted octanol–water partition coefficient (Wildman–Crippen LogP) is 2.68. The first kappa shape index (κ1) is 15.3. The van der Waals surface area contributed by atoms with Crippen molar-refractivity contribution in [2.45, 2.75) is 11.3 Å². The molecule has 0 atom stereocenters. The number of nitrogens with zero attached hydrogens (tertiary/aromatic N) is 1. The second kappa shape index (κ2) is 7.08. The van der Waals surface area contributed by atoms with Crippen molar-refractivity contribution in [3.63, 3.8) is 0 Å². The van der Waals surface area contributed by atoms with Crippen molar-refractivity contribution in [3.8, 4) is 0 Å². The summed E-state index contributed by atoms with van der Waals surface area (Å²) in [5.74, 6) is -0.161. The molecule has 0 saturated carbocycles. The van der Waals surface area contributed by atoms with Gasteiger partial charge in [0.15, 0.2) is 0 Å². The van der Waals surface area contributed by atoms with Gasteiger partial charge in [-0.25, -0.2) is 9.78 Å². The Kier molecular flexibility index (Phi) is 5.16. The van der Waals surface area contributed by atoms with Crippen molar-refractivity contribution in [2.75, 3.05) is 20.0 Å². The minimum atomic E-state index is -0.476. The van der Waals surface area contributed by atoms with Gasteiger partial charge in [0.1, 0.15) is 5.69 Å². The lowest BCUT2D eigenvalue weighted by atomic mass is 10.2. The van der Waals surface area contributed by atoms with Crippen LogP contribution in [-0.2, 0) is 14.3 Å². The summed E-state index contributed by atoms with van der Waals surface area (Å²) in [7, 11) is 2.69. The van der Waals surface area contributed by atoms with Crippen LogP contribution in [-0.4, -0.2) is 36.9 Å². The molecule has 0 aliphatic rings. The quantitative estimate of drug-likeness (QED) is 0.625. The number of benzene rings is 1. The van der Waals surface area contributed by atoms with Crippen LogP contribution in [0.25, 0.3) is 10.9 Å². The average Bonchev–Trinajstić information content (AvgIpc) is 2.53. The van der Waals surface area contributed by atoms with Gasteiger partial charge >= 0.3 is 11.9 Å². The second-order valence-electron chi connectivity index (χ2n) is 4.19. The molecule has 0 bridgehead atoms. The first-order valence-electron chi connectivity index (χ1n) is 6.33. The van der Waals surface area contributed by atoms with Gasteiger partial charge in [-0.15, -0.1) is 11.8 Å². The predicted molar refractivity (Wildman–Crippen MR) is 80.4 cm³/mol. The highest BCUT2D eigenvalue weighted by Gasteiger charge is 2.13. The lowest BCUT2D eigenvalue weighted by Crippen LogP contribution is -2.05. The van der Waals surface area contributed by atoms with Gasteiger partial charge in [-0.2, -0.15) is 0 Å². The fraction of sp³-hybridized carbons (Fsp3) is 0.267. The molecule has 0 unspecified atom stereocenters. The number of carbonyl (C=O) groups excluding carboxylic acids is 2. The van der Waals surface area contributed by atoms with Crippen LogP contribution >= 0.6 is 11.8 Å². The van der Waals surface area contributed by atoms with E-state index in [4.69, 9.17) is 4.74 Å². The van der Waals surface area contributed by atoms with Crippen molar-refractivity contribution in [1.29, 1.82) is 0 Å². The SMILES string of the molecule is COC(=O)CCSc1cc(C(=O)OC)nc2ccccc12. The zero-order valence-electron chi connectivity index (χ0n) is 11.8. The Morgan fingerprint density at radius 1 is 1.19 bits per heavy atom. The van der Waals surface area contributed by atoms with Crippen molar-refractivity contribution in [3.05, 3.63) is 36.0 Å². The number of ether oxygens (including phenoxy) is 2. The number of rotatable bonds is 5. The van der Waals surface area contributed by atoms with Crippen molar-refractivity contribution in [2.24, 2.45) is 0 Å². The molecule has 5 nitrogen and oxygen atoms in total. The number of hydrogen-bond donors (Lipinski definition) is 0. The van der Waals surface area contributed by atoms with Crippen LogP contribution in [0.5, 0.6) is 0 Å². The van der Waals surface area contributed by atoms with Gasteiger partial charge in [0.25, 0.3) is 0 Å². The Balaban J connectivity index is 2.31. The standard InChI is InChI=1S/C15H15NO4S/c1-19-14(17)7-8-21-13-9-12(15(18)20-2)16-11-6-4-3-5-10(11)13/h3-6,9H,7-8H2,1-2H3. The minimum Gasteiger partial charge on any atom is -0.469 e. The van der Waals surface area contributed by atoms with Crippen LogP contribution in [0.1, 0.15) is 16.9 Å². The van der Waals surface area contributed by atoms with Gasteiger partial charge < -0.3 is 9.47 Å². The minimum absolute atomic E-state index is 0.256. The van der Waals surface area contributed by atoms with E-state index >= 15 is 0 Å². The number of carbonyl (C=O) groups is 2. The van der Waals surface area contributed by atoms with E-state index in [-0.39, 0.29) is 11.7 Å². The molecule has 0 aliphatic carbocycles. The number of para-hydroxylation sites is 1. The Morgan fingerprint density at radius 2 is 1.95 bits per heavy atom. The Hall–Kier alpha value is -2.08. The van der Waals surface area contributed by atoms with E-state index in [2.05, 4.69) is 9.72 Å². The van der Waals surface area contributed by atoms with E-state index < -0.39 is 5.97 Å². The molecule has 110 valence electrons. The van der Waals surface area contributed by atoms with Crippen LogP contribution in [0.15, 0.2) is 35.2 Å². The van der Waals surface area contributed by atoms with Crippen LogP contribution in [0.3, 0.4) is 0 Å². The first-order chi connectivity index (χ1) is 10.2. The molecule has 1 aromatic heterocycles. The topological polar surface area (TPSA) is 65.5 Å². The summed E-state index contributed by atoms with van der Waals surface area (Å²) in [5.41, 5.74) is 0.984. The van der Waals surface area contributed by atoms with E-state index in [1.165, 1.54) is 26.0 Å². The molecule has 1 aromatic carbocycles. The van der Waals surface area contributed by atoms with E-state index in [9.17, 15) is 9.59 Å². The number of fused-ring (bicyclic) bond motifs is 1. The van der Waals surface area contributed by atoms with E-state index in [0.717, 1.165) is 15.8 Å². The first-order valence-corrected chi connectivity index (χ1v) is 7.32. The molecule has 21 heavy (non-hydrogen) atoms. The molecule has 2 rings (SSSR count). The van der Waals surface area contributed by atoms with Crippen molar-refractivity contribution >= 4 is 34.6 Å². The third kappa shape index (κ3) is 3.72. The monoisotopic (exact) mass is 305 g/mol. The van der Waals surface area contributed by atoms with Crippen LogP contribution in [0, 0.1) is 0 Å². The number of hydrogen-bond acceptors (Lipinski definition) is 6. The van der Waals surface area contributed by atoms with E-state index in [1.54, 1.807) is 6.07 Å². The summed E-state index contributed by atoms with van der Waals surface area (Å²) in [4.78, 5) is 28.0. The molecule has 2 aromatic rings. The zero-order chi connectivity index (χ0) is 15.2. The summed E-state index contributed by atoms with van der Waals surface area (Å²) in [5, 5.41) is 0.944. The molecule has 0 aliphatic heterocycles. The fourth-order valence-electron chi connectivity index (χ4n) is 1.82. The molecule has 0 spiro atoms. The van der Waals surface area contributed by atoms with Gasteiger partial charge in [0.2, 0.25) is 0 Å². The van der Waals surface area contributed by atoms with Gasteiger partial charge in [-0.1, -0.05) is 18.2 Å². The van der Waals surface area contributed by atoms with Crippen molar-refractivity contribution < 1.29 is 19.1 Å². The van der Waals surface area contributed by atoms with Gasteiger partial charge in [-0.3, -0.25) is 4.79 Å². The average molecular weight is 305 g/mol. The van der Waals surface area contributed by atoms with Gasteiger partial charge in [0.05, 0.1) is 26.2 Å². The molecule has 0 N–H and O–H groups in total. The maximum atomic E-state index is 11.7. The molecular weight excluding hydrogens is 290 g/mol. The molecule has 0 amide bonds. The molecular formula is C15H15NO4S. The lowest BCUT2D eigenvalue weighted by molar-refractivity contribution is -0.140. The maximum absolute atomic E-state index is 11.7. The van der Waals surface area contributed by atoms with E-state index in [0.29, 0.717) is 12.2 Å². The third-order valence-electron chi connectivity index (χ3n) is 2.86. The molecule has 6 heteroatoms. The summed E-state index contributed by atoms with van der Waals surface area (Å²) < 4.78 is 9.33. The second-order valence-corrected chi connectivity index (χ2v) is 5.33. The molecule has 1 heterocycles. The normalized spacial score (nSPS) is 10.4. The summed E-state index contributed by atoms with van der Waals surface area (Å²) in [6, 6.07) is 9.23. The highest BCUT2D eigenvalue weighted by Crippen LogP contribution is 2.28. The molecule has 0 radical (unpaired) electrons. The van der Waals surface area contributed by atoms with Crippen LogP contribution in [0.2, 0.25) is 0 Å². The number of methoxy groups -OCH3 is 2. The maximum Gasteiger partial charge on any atom is 0.356 e. The fourth-order valence-corrected chi connectivity index (χ4v) is 2.83. The van der Waals surface area contributed by atoms with Gasteiger partial charge in [0, 0.05) is 16.0 Å². The molecule has 0 fully saturated rings. The largest absolute Gasteiger partial charge is 0.469 e. The van der Waals surface area contributed by atoms with Crippen LogP contribution in [0.4, 0.5) is 0 Å². The van der Waals surface area contributed by atoms with Crippen LogP contribution < -0.4 is 0 Å². The Labute approximate surface area is 126 Å². The van der Waals surface area contributed by atoms with Gasteiger partial charge in [-0.05, 0) is 12.1 Å². The van der Waals surface area contributed by atoms with Crippen molar-refractivity contribution in [1.82, 2.24) is 4.98 Å². The number of esters is 2. The Morgan fingerprint density at radius 3 is 2.67 bits per heavy atom. The smallest absolute Gasteiger partial charge is 0.356 e. The summed E-state index contributed by atoms with van der Waals surface area (Å²) in [6.45, 7) is 0. The highest BCUT2D eigenvalue weighted by atomic mass is 32.2. The number of aromatic nitrogens is 1. The summed E-state index contributed by atoms with van der Waals surface area (Å²) >= 11 is 1.49. The number of pyridine rings is 1. The summed E-state index contributed by atoms with van der Waals surface area (Å²) in [6.07, 6.45) is 0.311. The number of thioether (sulfide) groups is 1. The van der Waals surface area contributed by atoms with E-state index in [1.807, 2.05) is 24.3 Å². The third-order valence-corrected chi connectivity index (χ3v) is 3.92. The lowest BCUT2D eigenvalue weighted by Gasteiger charge is -2.08. The highest BCUT2D eigenvalue weighted by molar-refractivity contribution is 7.99. The molecule has 0 saturated heterocycles.